The molecule has 0 heterocycles. The van der Waals surface area contributed by atoms with Crippen LogP contribution in [0.5, 0.6) is 0 Å². The Kier molecular flexibility index (Phi) is 8.73. The quantitative estimate of drug-likeness (QED) is 0.579. The fraction of sp³-hybridized carbons (Fsp3) is 0.391. The van der Waals surface area contributed by atoms with Gasteiger partial charge in [0.25, 0.3) is 0 Å². The maximum Gasteiger partial charge on any atom is 0.241 e. The first kappa shape index (κ1) is 23.0. The molecule has 0 bridgehead atoms. The first-order valence-electron chi connectivity index (χ1n) is 9.90. The van der Waals surface area contributed by atoms with Crippen LogP contribution in [0.4, 0.5) is 11.4 Å². The summed E-state index contributed by atoms with van der Waals surface area (Å²) in [6.07, 6.45) is 2.97. The van der Waals surface area contributed by atoms with E-state index in [-0.39, 0.29) is 18.4 Å². The summed E-state index contributed by atoms with van der Waals surface area (Å²) in [7, 11) is 1.78. The summed E-state index contributed by atoms with van der Waals surface area (Å²) in [6.45, 7) is 6.22. The molecule has 0 unspecified atom stereocenters. The number of nitrogens with one attached hydrogen (secondary N) is 2. The maximum absolute atomic E-state index is 12.8. The highest BCUT2D eigenvalue weighted by Gasteiger charge is 2.22. The van der Waals surface area contributed by atoms with E-state index in [0.717, 1.165) is 28.3 Å². The number of carbonyl (C=O) groups is 2. The van der Waals surface area contributed by atoms with Crippen molar-refractivity contribution in [1.82, 2.24) is 4.90 Å². The van der Waals surface area contributed by atoms with E-state index in [2.05, 4.69) is 30.5 Å². The van der Waals surface area contributed by atoms with Crippen molar-refractivity contribution in [3.63, 3.8) is 0 Å². The van der Waals surface area contributed by atoms with Gasteiger partial charge in [-0.25, -0.2) is 0 Å². The molecule has 0 aliphatic heterocycles. The van der Waals surface area contributed by atoms with Crippen molar-refractivity contribution in [2.45, 2.75) is 44.0 Å². The van der Waals surface area contributed by atoms with Gasteiger partial charge in [0.15, 0.2) is 0 Å². The molecule has 2 rings (SSSR count). The molecule has 5 nitrogen and oxygen atoms in total. The number of thioether (sulfide) groups is 1. The van der Waals surface area contributed by atoms with Crippen molar-refractivity contribution < 1.29 is 9.59 Å². The lowest BCUT2D eigenvalue weighted by atomic mass is 9.97. The molecule has 2 aromatic rings. The van der Waals surface area contributed by atoms with Crippen molar-refractivity contribution in [2.75, 3.05) is 30.5 Å². The molecule has 2 atom stereocenters. The average molecular weight is 414 g/mol. The fourth-order valence-electron chi connectivity index (χ4n) is 3.00. The normalized spacial score (nSPS) is 13.0. The number of amides is 2. The van der Waals surface area contributed by atoms with Crippen LogP contribution in [0.2, 0.25) is 0 Å². The van der Waals surface area contributed by atoms with E-state index in [1.54, 1.807) is 23.7 Å². The van der Waals surface area contributed by atoms with Gasteiger partial charge in [-0.3, -0.25) is 14.5 Å². The minimum atomic E-state index is -0.443. The van der Waals surface area contributed by atoms with Crippen molar-refractivity contribution in [2.24, 2.45) is 0 Å². The summed E-state index contributed by atoms with van der Waals surface area (Å²) in [6, 6.07) is 15.1. The van der Waals surface area contributed by atoms with Gasteiger partial charge in [-0.2, -0.15) is 0 Å². The Hall–Kier alpha value is -2.31. The lowest BCUT2D eigenvalue weighted by Gasteiger charge is -2.24. The van der Waals surface area contributed by atoms with Gasteiger partial charge in [-0.15, -0.1) is 11.8 Å². The van der Waals surface area contributed by atoms with Crippen LogP contribution in [-0.2, 0) is 9.59 Å². The van der Waals surface area contributed by atoms with E-state index in [9.17, 15) is 9.59 Å². The molecular weight excluding hydrogens is 382 g/mol. The van der Waals surface area contributed by atoms with E-state index in [1.165, 1.54) is 0 Å². The fourth-order valence-corrected chi connectivity index (χ4v) is 3.55. The Morgan fingerprint density at radius 1 is 1.00 bits per heavy atom. The molecule has 0 radical (unpaired) electrons. The van der Waals surface area contributed by atoms with Gasteiger partial charge < -0.3 is 10.6 Å². The van der Waals surface area contributed by atoms with E-state index in [0.29, 0.717) is 5.92 Å². The average Bonchev–Trinajstić information content (AvgIpc) is 2.73. The van der Waals surface area contributed by atoms with Crippen molar-refractivity contribution >= 4 is 35.0 Å². The van der Waals surface area contributed by atoms with Crippen LogP contribution in [0, 0.1) is 0 Å². The Bertz CT molecular complexity index is 840. The molecule has 0 fully saturated rings. The predicted molar refractivity (Wildman–Crippen MR) is 123 cm³/mol. The van der Waals surface area contributed by atoms with Gasteiger partial charge in [0.1, 0.15) is 0 Å². The summed E-state index contributed by atoms with van der Waals surface area (Å²) in [4.78, 5) is 28.0. The number of likely N-dealkylation sites (N-methyl/N-ethyl adjacent to an activating group) is 1. The van der Waals surface area contributed by atoms with Crippen LogP contribution in [0.3, 0.4) is 0 Å². The monoisotopic (exact) mass is 413 g/mol. The first-order valence-corrected chi connectivity index (χ1v) is 11.1. The summed E-state index contributed by atoms with van der Waals surface area (Å²) in [5, 5.41) is 5.97. The minimum absolute atomic E-state index is 0.124. The topological polar surface area (TPSA) is 61.4 Å². The van der Waals surface area contributed by atoms with Crippen LogP contribution in [-0.4, -0.2) is 42.6 Å². The van der Waals surface area contributed by atoms with Crippen LogP contribution in [0.1, 0.15) is 38.7 Å². The molecule has 2 N–H and O–H groups in total. The van der Waals surface area contributed by atoms with E-state index in [4.69, 9.17) is 0 Å². The van der Waals surface area contributed by atoms with E-state index >= 15 is 0 Å². The molecule has 0 aliphatic rings. The van der Waals surface area contributed by atoms with Crippen LogP contribution < -0.4 is 10.6 Å². The minimum Gasteiger partial charge on any atom is -0.324 e. The van der Waals surface area contributed by atoms with E-state index < -0.39 is 6.04 Å². The smallest absolute Gasteiger partial charge is 0.241 e. The first-order chi connectivity index (χ1) is 13.9. The number of anilines is 2. The molecule has 0 spiro atoms. The Balaban J connectivity index is 1.98. The number of benzene rings is 2. The summed E-state index contributed by atoms with van der Waals surface area (Å²) < 4.78 is 0. The SMILES string of the molecule is CC[C@@H](C)c1ccccc1NC(=O)[C@H](C)N(C)CC(=O)Nc1ccccc1SC. The molecule has 29 heavy (non-hydrogen) atoms. The zero-order valence-corrected chi connectivity index (χ0v) is 18.7. The predicted octanol–water partition coefficient (Wildman–Crippen LogP) is 4.82. The summed E-state index contributed by atoms with van der Waals surface area (Å²) >= 11 is 1.58. The lowest BCUT2D eigenvalue weighted by Crippen LogP contribution is -2.43. The molecule has 2 amide bonds. The van der Waals surface area contributed by atoms with E-state index in [1.807, 2.05) is 55.6 Å². The molecular formula is C23H31N3O2S. The second kappa shape index (κ2) is 11.0. The van der Waals surface area contributed by atoms with Crippen molar-refractivity contribution in [3.8, 4) is 0 Å². The zero-order valence-electron chi connectivity index (χ0n) is 17.9. The number of carbonyl (C=O) groups excluding carboxylic acids is 2. The third-order valence-electron chi connectivity index (χ3n) is 5.18. The molecule has 2 aromatic carbocycles. The number of hydrogen-bond acceptors (Lipinski definition) is 4. The second-order valence-electron chi connectivity index (χ2n) is 7.23. The van der Waals surface area contributed by atoms with Gasteiger partial charge in [-0.05, 0) is 56.3 Å². The lowest BCUT2D eigenvalue weighted by molar-refractivity contribution is -0.122. The standard InChI is InChI=1S/C23H31N3O2S/c1-6-16(2)18-11-7-8-12-19(18)25-23(28)17(3)26(4)15-22(27)24-20-13-9-10-14-21(20)29-5/h7-14,16-17H,6,15H2,1-5H3,(H,24,27)(H,25,28)/t16-,17+/m1/s1. The largest absolute Gasteiger partial charge is 0.324 e. The van der Waals surface area contributed by atoms with Crippen molar-refractivity contribution in [1.29, 1.82) is 0 Å². The molecule has 0 aliphatic carbocycles. The number of hydrogen-bond donors (Lipinski definition) is 2. The molecule has 0 saturated carbocycles. The van der Waals surface area contributed by atoms with Crippen LogP contribution in [0.15, 0.2) is 53.4 Å². The van der Waals surface area contributed by atoms with Gasteiger partial charge in [-0.1, -0.05) is 44.2 Å². The van der Waals surface area contributed by atoms with Crippen molar-refractivity contribution in [3.05, 3.63) is 54.1 Å². The molecule has 0 aromatic heterocycles. The number of rotatable bonds is 9. The molecule has 0 saturated heterocycles. The highest BCUT2D eigenvalue weighted by molar-refractivity contribution is 7.98. The third kappa shape index (κ3) is 6.34. The Labute approximate surface area is 178 Å². The maximum atomic E-state index is 12.8. The van der Waals surface area contributed by atoms with Gasteiger partial charge in [0.2, 0.25) is 11.8 Å². The van der Waals surface area contributed by atoms with Crippen LogP contribution in [0.25, 0.3) is 0 Å². The third-order valence-corrected chi connectivity index (χ3v) is 5.97. The van der Waals surface area contributed by atoms with Gasteiger partial charge >= 0.3 is 0 Å². The highest BCUT2D eigenvalue weighted by Crippen LogP contribution is 2.27. The number of para-hydroxylation sites is 2. The van der Waals surface area contributed by atoms with Crippen LogP contribution >= 0.6 is 11.8 Å². The Morgan fingerprint density at radius 3 is 2.28 bits per heavy atom. The molecule has 156 valence electrons. The van der Waals surface area contributed by atoms with Gasteiger partial charge in [0, 0.05) is 10.6 Å². The zero-order chi connectivity index (χ0) is 21.4. The number of nitrogens with zero attached hydrogens (tertiary/aromatic N) is 1. The highest BCUT2D eigenvalue weighted by atomic mass is 32.2. The van der Waals surface area contributed by atoms with Gasteiger partial charge in [0.05, 0.1) is 18.3 Å². The summed E-state index contributed by atoms with van der Waals surface area (Å²) in [5.41, 5.74) is 2.76. The Morgan fingerprint density at radius 2 is 1.62 bits per heavy atom. The molecule has 6 heteroatoms. The second-order valence-corrected chi connectivity index (χ2v) is 8.07. The summed E-state index contributed by atoms with van der Waals surface area (Å²) in [5.74, 6) is 0.0936.